The Morgan fingerprint density at radius 3 is 2.28 bits per heavy atom. The minimum absolute atomic E-state index is 0.0170. The summed E-state index contributed by atoms with van der Waals surface area (Å²) < 4.78 is 0. The van der Waals surface area contributed by atoms with Gasteiger partial charge in [0.25, 0.3) is 5.91 Å². The van der Waals surface area contributed by atoms with Crippen LogP contribution < -0.4 is 5.32 Å². The van der Waals surface area contributed by atoms with E-state index < -0.39 is 5.97 Å². The molecular formula is C20H20ClNO3. The fourth-order valence-corrected chi connectivity index (χ4v) is 2.39. The van der Waals surface area contributed by atoms with Crippen molar-refractivity contribution in [2.75, 3.05) is 5.32 Å². The lowest BCUT2D eigenvalue weighted by Gasteiger charge is -2.19. The largest absolute Gasteiger partial charge is 0.478 e. The predicted molar refractivity (Wildman–Crippen MR) is 101 cm³/mol. The Morgan fingerprint density at radius 2 is 1.72 bits per heavy atom. The van der Waals surface area contributed by atoms with Crippen LogP contribution in [0.3, 0.4) is 0 Å². The minimum atomic E-state index is -1.04. The lowest BCUT2D eigenvalue weighted by Crippen LogP contribution is -2.14. The highest BCUT2D eigenvalue weighted by Crippen LogP contribution is 2.25. The molecular weight excluding hydrogens is 338 g/mol. The summed E-state index contributed by atoms with van der Waals surface area (Å²) in [4.78, 5) is 23.0. The SMILES string of the molecule is CC(C)(C)c1ccc(C(=O)Nc2cc(/C=C/C(=O)O)ccc2Cl)cc1. The van der Waals surface area contributed by atoms with Gasteiger partial charge in [0.15, 0.2) is 0 Å². The number of carboxylic acids is 1. The Balaban J connectivity index is 2.20. The molecule has 0 heterocycles. The topological polar surface area (TPSA) is 66.4 Å². The van der Waals surface area contributed by atoms with E-state index in [2.05, 4.69) is 26.1 Å². The fraction of sp³-hybridized carbons (Fsp3) is 0.200. The maximum Gasteiger partial charge on any atom is 0.328 e. The van der Waals surface area contributed by atoms with Crippen molar-refractivity contribution in [3.8, 4) is 0 Å². The van der Waals surface area contributed by atoms with Crippen molar-refractivity contribution in [3.05, 3.63) is 70.3 Å². The third kappa shape index (κ3) is 5.19. The normalized spacial score (nSPS) is 11.5. The quantitative estimate of drug-likeness (QED) is 0.758. The highest BCUT2D eigenvalue weighted by atomic mass is 35.5. The van der Waals surface area contributed by atoms with Crippen LogP contribution in [0.2, 0.25) is 5.02 Å². The Kier molecular flexibility index (Phi) is 5.65. The second-order valence-corrected chi connectivity index (χ2v) is 7.10. The van der Waals surface area contributed by atoms with Gasteiger partial charge in [0.1, 0.15) is 0 Å². The second kappa shape index (κ2) is 7.53. The Bertz CT molecular complexity index is 818. The van der Waals surface area contributed by atoms with E-state index in [0.717, 1.165) is 11.6 Å². The number of hydrogen-bond donors (Lipinski definition) is 2. The summed E-state index contributed by atoms with van der Waals surface area (Å²) in [6.07, 6.45) is 2.46. The van der Waals surface area contributed by atoms with Gasteiger partial charge in [-0.05, 0) is 46.9 Å². The smallest absolute Gasteiger partial charge is 0.328 e. The van der Waals surface area contributed by atoms with Crippen molar-refractivity contribution in [1.82, 2.24) is 0 Å². The maximum atomic E-state index is 12.4. The zero-order valence-corrected chi connectivity index (χ0v) is 15.1. The van der Waals surface area contributed by atoms with E-state index in [-0.39, 0.29) is 11.3 Å². The van der Waals surface area contributed by atoms with Gasteiger partial charge in [0.05, 0.1) is 10.7 Å². The maximum absolute atomic E-state index is 12.4. The van der Waals surface area contributed by atoms with Crippen molar-refractivity contribution in [1.29, 1.82) is 0 Å². The van der Waals surface area contributed by atoms with Crippen LogP contribution in [-0.4, -0.2) is 17.0 Å². The molecule has 130 valence electrons. The number of benzene rings is 2. The number of amides is 1. The monoisotopic (exact) mass is 357 g/mol. The van der Waals surface area contributed by atoms with Crippen LogP contribution >= 0.6 is 11.6 Å². The van der Waals surface area contributed by atoms with Crippen LogP contribution in [0.15, 0.2) is 48.5 Å². The van der Waals surface area contributed by atoms with E-state index in [9.17, 15) is 9.59 Å². The van der Waals surface area contributed by atoms with Crippen LogP contribution in [0, 0.1) is 0 Å². The van der Waals surface area contributed by atoms with Gasteiger partial charge in [0, 0.05) is 11.6 Å². The fourth-order valence-electron chi connectivity index (χ4n) is 2.23. The summed E-state index contributed by atoms with van der Waals surface area (Å²) >= 11 is 6.12. The lowest BCUT2D eigenvalue weighted by molar-refractivity contribution is -0.131. The molecule has 0 atom stereocenters. The van der Waals surface area contributed by atoms with Gasteiger partial charge < -0.3 is 10.4 Å². The number of carboxylic acid groups (broad SMARTS) is 1. The van der Waals surface area contributed by atoms with E-state index >= 15 is 0 Å². The molecule has 2 aromatic carbocycles. The molecule has 0 radical (unpaired) electrons. The first-order valence-electron chi connectivity index (χ1n) is 7.79. The first-order chi connectivity index (χ1) is 11.7. The molecule has 0 saturated carbocycles. The number of anilines is 1. The van der Waals surface area contributed by atoms with Crippen molar-refractivity contribution in [3.63, 3.8) is 0 Å². The molecule has 2 aromatic rings. The molecule has 0 spiro atoms. The van der Waals surface area contributed by atoms with E-state index in [0.29, 0.717) is 21.8 Å². The molecule has 4 nitrogen and oxygen atoms in total. The number of hydrogen-bond acceptors (Lipinski definition) is 2. The Morgan fingerprint density at radius 1 is 1.08 bits per heavy atom. The van der Waals surface area contributed by atoms with Crippen LogP contribution in [0.5, 0.6) is 0 Å². The van der Waals surface area contributed by atoms with Crippen molar-refractivity contribution >= 4 is 35.2 Å². The third-order valence-electron chi connectivity index (χ3n) is 3.67. The van der Waals surface area contributed by atoms with E-state index in [4.69, 9.17) is 16.7 Å². The number of aliphatic carboxylic acids is 1. The summed E-state index contributed by atoms with van der Waals surface area (Å²) in [5.74, 6) is -1.32. The lowest BCUT2D eigenvalue weighted by atomic mass is 9.87. The van der Waals surface area contributed by atoms with Crippen molar-refractivity contribution in [2.24, 2.45) is 0 Å². The number of carbonyl (C=O) groups is 2. The van der Waals surface area contributed by atoms with E-state index in [1.54, 1.807) is 30.3 Å². The molecule has 0 aliphatic rings. The van der Waals surface area contributed by atoms with Crippen LogP contribution in [-0.2, 0) is 10.2 Å². The third-order valence-corrected chi connectivity index (χ3v) is 4.00. The zero-order valence-electron chi connectivity index (χ0n) is 14.3. The van der Waals surface area contributed by atoms with Gasteiger partial charge >= 0.3 is 5.97 Å². The number of halogens is 1. The van der Waals surface area contributed by atoms with E-state index in [1.165, 1.54) is 6.08 Å². The van der Waals surface area contributed by atoms with Gasteiger partial charge in [-0.15, -0.1) is 0 Å². The Hall–Kier alpha value is -2.59. The summed E-state index contributed by atoms with van der Waals surface area (Å²) in [6.45, 7) is 6.33. The number of carbonyl (C=O) groups excluding carboxylic acids is 1. The molecule has 0 aliphatic heterocycles. The van der Waals surface area contributed by atoms with Crippen LogP contribution in [0.4, 0.5) is 5.69 Å². The van der Waals surface area contributed by atoms with Gasteiger partial charge in [-0.1, -0.05) is 50.6 Å². The van der Waals surface area contributed by atoms with Gasteiger partial charge in [-0.2, -0.15) is 0 Å². The molecule has 0 aromatic heterocycles. The first-order valence-corrected chi connectivity index (χ1v) is 8.17. The van der Waals surface area contributed by atoms with Crippen LogP contribution in [0.25, 0.3) is 6.08 Å². The molecule has 25 heavy (non-hydrogen) atoms. The number of rotatable bonds is 4. The summed E-state index contributed by atoms with van der Waals surface area (Å²) in [5.41, 5.74) is 2.74. The molecule has 2 N–H and O–H groups in total. The molecule has 0 bridgehead atoms. The van der Waals surface area contributed by atoms with E-state index in [1.807, 2.05) is 12.1 Å². The van der Waals surface area contributed by atoms with Gasteiger partial charge in [-0.25, -0.2) is 4.79 Å². The number of nitrogens with one attached hydrogen (secondary N) is 1. The molecule has 0 aliphatic carbocycles. The van der Waals surface area contributed by atoms with Crippen molar-refractivity contribution < 1.29 is 14.7 Å². The Labute approximate surface area is 152 Å². The highest BCUT2D eigenvalue weighted by molar-refractivity contribution is 6.34. The molecule has 0 unspecified atom stereocenters. The standard InChI is InChI=1S/C20H20ClNO3/c1-20(2,3)15-8-6-14(7-9-15)19(25)22-17-12-13(4-10-16(17)21)5-11-18(23)24/h4-12H,1-3H3,(H,22,25)(H,23,24)/b11-5+. The highest BCUT2D eigenvalue weighted by Gasteiger charge is 2.15. The predicted octanol–water partition coefficient (Wildman–Crippen LogP) is 4.99. The van der Waals surface area contributed by atoms with Gasteiger partial charge in [-0.3, -0.25) is 4.79 Å². The van der Waals surface area contributed by atoms with Crippen molar-refractivity contribution in [2.45, 2.75) is 26.2 Å². The molecule has 2 rings (SSSR count). The molecule has 5 heteroatoms. The summed E-state index contributed by atoms with van der Waals surface area (Å²) in [7, 11) is 0. The average molecular weight is 358 g/mol. The molecule has 1 amide bonds. The first kappa shape index (κ1) is 18.7. The molecule has 0 saturated heterocycles. The average Bonchev–Trinajstić information content (AvgIpc) is 2.54. The summed E-state index contributed by atoms with van der Waals surface area (Å²) in [5, 5.41) is 11.8. The molecule has 0 fully saturated rings. The second-order valence-electron chi connectivity index (χ2n) is 6.69. The zero-order chi connectivity index (χ0) is 18.6. The minimum Gasteiger partial charge on any atom is -0.478 e. The summed E-state index contributed by atoms with van der Waals surface area (Å²) in [6, 6.07) is 12.3. The van der Waals surface area contributed by atoms with Gasteiger partial charge in [0.2, 0.25) is 0 Å². The van der Waals surface area contributed by atoms with Crippen LogP contribution in [0.1, 0.15) is 42.3 Å².